The quantitative estimate of drug-likeness (QED) is 0.543. The van der Waals surface area contributed by atoms with Crippen LogP contribution in [0.15, 0.2) is 6.20 Å². The second-order valence-electron chi connectivity index (χ2n) is 4.34. The van der Waals surface area contributed by atoms with Crippen molar-refractivity contribution in [3.63, 3.8) is 0 Å². The van der Waals surface area contributed by atoms with Gasteiger partial charge in [0, 0.05) is 20.2 Å². The Kier molecular flexibility index (Phi) is 5.57. The van der Waals surface area contributed by atoms with Gasteiger partial charge in [0.2, 0.25) is 5.82 Å². The maximum atomic E-state index is 10.8. The van der Waals surface area contributed by atoms with Crippen LogP contribution in [0.3, 0.4) is 0 Å². The minimum atomic E-state index is -0.448. The second kappa shape index (κ2) is 6.95. The molecule has 0 aliphatic rings. The van der Waals surface area contributed by atoms with Crippen LogP contribution < -0.4 is 5.32 Å². The Labute approximate surface area is 106 Å². The third-order valence-corrected chi connectivity index (χ3v) is 2.80. The van der Waals surface area contributed by atoms with Gasteiger partial charge in [-0.05, 0) is 18.8 Å². The summed E-state index contributed by atoms with van der Waals surface area (Å²) < 4.78 is 1.42. The highest BCUT2D eigenvalue weighted by Gasteiger charge is 2.19. The lowest BCUT2D eigenvalue weighted by Gasteiger charge is -2.14. The zero-order valence-electron chi connectivity index (χ0n) is 10.8. The molecule has 0 aliphatic carbocycles. The first-order valence-corrected chi connectivity index (χ1v) is 6.11. The molecule has 1 rings (SSSR count). The van der Waals surface area contributed by atoms with Crippen molar-refractivity contribution < 1.29 is 10.0 Å². The normalized spacial score (nSPS) is 12.4. The molecule has 0 amide bonds. The average Bonchev–Trinajstić information content (AvgIpc) is 2.68. The molecule has 102 valence electrons. The van der Waals surface area contributed by atoms with Crippen LogP contribution in [0.5, 0.6) is 0 Å². The fourth-order valence-corrected chi connectivity index (χ4v) is 1.92. The average molecular weight is 256 g/mol. The summed E-state index contributed by atoms with van der Waals surface area (Å²) in [5.41, 5.74) is -0.0169. The van der Waals surface area contributed by atoms with Crippen molar-refractivity contribution in [2.75, 3.05) is 18.5 Å². The summed E-state index contributed by atoms with van der Waals surface area (Å²) in [5.74, 6) is 0.600. The topological polar surface area (TPSA) is 93.2 Å². The summed E-state index contributed by atoms with van der Waals surface area (Å²) in [5, 5.41) is 26.8. The summed E-state index contributed by atoms with van der Waals surface area (Å²) in [6.45, 7) is 2.80. The number of rotatable bonds is 8. The Balaban J connectivity index is 2.63. The molecule has 0 radical (unpaired) electrons. The summed E-state index contributed by atoms with van der Waals surface area (Å²) in [4.78, 5) is 10.4. The highest BCUT2D eigenvalue weighted by atomic mass is 16.6. The van der Waals surface area contributed by atoms with Crippen molar-refractivity contribution in [1.29, 1.82) is 0 Å². The Morgan fingerprint density at radius 1 is 1.61 bits per heavy atom. The molecular formula is C11H20N4O3. The minimum absolute atomic E-state index is 0.0169. The van der Waals surface area contributed by atoms with E-state index in [0.717, 1.165) is 12.8 Å². The summed E-state index contributed by atoms with van der Waals surface area (Å²) in [6.07, 6.45) is 4.08. The van der Waals surface area contributed by atoms with Gasteiger partial charge in [-0.15, -0.1) is 5.10 Å². The lowest BCUT2D eigenvalue weighted by Crippen LogP contribution is -2.16. The largest absolute Gasteiger partial charge is 0.396 e. The van der Waals surface area contributed by atoms with Gasteiger partial charge in [0.05, 0.1) is 4.92 Å². The Morgan fingerprint density at radius 2 is 2.33 bits per heavy atom. The number of hydrogen-bond acceptors (Lipinski definition) is 5. The molecule has 7 heteroatoms. The predicted octanol–water partition coefficient (Wildman–Crippen LogP) is 1.54. The predicted molar refractivity (Wildman–Crippen MR) is 68.5 cm³/mol. The van der Waals surface area contributed by atoms with Crippen LogP contribution in [-0.4, -0.2) is 33.0 Å². The van der Waals surface area contributed by atoms with Crippen molar-refractivity contribution in [3.05, 3.63) is 16.3 Å². The van der Waals surface area contributed by atoms with E-state index in [2.05, 4.69) is 17.3 Å². The highest BCUT2D eigenvalue weighted by molar-refractivity contribution is 5.54. The number of aryl methyl sites for hydroxylation is 1. The lowest BCUT2D eigenvalue weighted by molar-refractivity contribution is -0.384. The number of aliphatic hydroxyl groups excluding tert-OH is 1. The fourth-order valence-electron chi connectivity index (χ4n) is 1.92. The van der Waals surface area contributed by atoms with Gasteiger partial charge in [0.15, 0.2) is 0 Å². The van der Waals surface area contributed by atoms with Gasteiger partial charge in [-0.25, -0.2) is 0 Å². The summed E-state index contributed by atoms with van der Waals surface area (Å²) in [7, 11) is 1.65. The van der Waals surface area contributed by atoms with E-state index in [0.29, 0.717) is 24.7 Å². The Bertz CT molecular complexity index is 386. The number of anilines is 1. The van der Waals surface area contributed by atoms with Gasteiger partial charge in [-0.3, -0.25) is 14.8 Å². The molecule has 7 nitrogen and oxygen atoms in total. The van der Waals surface area contributed by atoms with Gasteiger partial charge in [0.25, 0.3) is 0 Å². The second-order valence-corrected chi connectivity index (χ2v) is 4.34. The van der Waals surface area contributed by atoms with E-state index in [4.69, 9.17) is 5.11 Å². The zero-order valence-corrected chi connectivity index (χ0v) is 10.8. The van der Waals surface area contributed by atoms with Gasteiger partial charge < -0.3 is 10.4 Å². The molecule has 0 spiro atoms. The number of aromatic nitrogens is 2. The van der Waals surface area contributed by atoms with E-state index in [1.54, 1.807) is 7.05 Å². The number of hydrogen-bond donors (Lipinski definition) is 2. The van der Waals surface area contributed by atoms with Crippen LogP contribution in [0.25, 0.3) is 0 Å². The molecule has 1 unspecified atom stereocenters. The minimum Gasteiger partial charge on any atom is -0.396 e. The lowest BCUT2D eigenvalue weighted by atomic mass is 10.0. The van der Waals surface area contributed by atoms with Crippen LogP contribution in [0.1, 0.15) is 26.2 Å². The van der Waals surface area contributed by atoms with Gasteiger partial charge >= 0.3 is 5.69 Å². The first-order valence-electron chi connectivity index (χ1n) is 6.11. The molecule has 1 aromatic rings. The first-order chi connectivity index (χ1) is 8.58. The van der Waals surface area contributed by atoms with Crippen LogP contribution in [0.2, 0.25) is 0 Å². The number of nitrogens with zero attached hydrogens (tertiary/aromatic N) is 3. The molecule has 0 aromatic carbocycles. The van der Waals surface area contributed by atoms with Crippen molar-refractivity contribution >= 4 is 11.5 Å². The molecule has 0 bridgehead atoms. The number of aliphatic hydroxyl groups is 1. The number of nitro groups is 1. The molecule has 2 N–H and O–H groups in total. The van der Waals surface area contributed by atoms with Crippen molar-refractivity contribution in [3.8, 4) is 0 Å². The maximum absolute atomic E-state index is 10.8. The van der Waals surface area contributed by atoms with Crippen molar-refractivity contribution in [1.82, 2.24) is 9.78 Å². The van der Waals surface area contributed by atoms with E-state index < -0.39 is 4.92 Å². The maximum Gasteiger partial charge on any atom is 0.330 e. The highest BCUT2D eigenvalue weighted by Crippen LogP contribution is 2.22. The fraction of sp³-hybridized carbons (Fsp3) is 0.727. The van der Waals surface area contributed by atoms with E-state index >= 15 is 0 Å². The van der Waals surface area contributed by atoms with Gasteiger partial charge in [-0.2, -0.15) is 0 Å². The van der Waals surface area contributed by atoms with E-state index in [1.165, 1.54) is 10.9 Å². The van der Waals surface area contributed by atoms with Gasteiger partial charge in [-0.1, -0.05) is 13.3 Å². The molecule has 1 heterocycles. The van der Waals surface area contributed by atoms with Gasteiger partial charge in [0.1, 0.15) is 6.20 Å². The van der Waals surface area contributed by atoms with E-state index in [1.807, 2.05) is 0 Å². The molecule has 0 saturated carbocycles. The van der Waals surface area contributed by atoms with Crippen LogP contribution in [0, 0.1) is 16.0 Å². The Morgan fingerprint density at radius 3 is 2.89 bits per heavy atom. The smallest absolute Gasteiger partial charge is 0.330 e. The van der Waals surface area contributed by atoms with Crippen LogP contribution in [-0.2, 0) is 7.05 Å². The van der Waals surface area contributed by atoms with E-state index in [9.17, 15) is 10.1 Å². The van der Waals surface area contributed by atoms with Crippen molar-refractivity contribution in [2.45, 2.75) is 26.2 Å². The zero-order chi connectivity index (χ0) is 13.5. The molecule has 18 heavy (non-hydrogen) atoms. The SMILES string of the molecule is CCCC(CCO)CNc1nn(C)cc1[N+](=O)[O-]. The molecule has 0 aliphatic heterocycles. The molecule has 1 aromatic heterocycles. The van der Waals surface area contributed by atoms with Crippen LogP contribution in [0.4, 0.5) is 11.5 Å². The Hall–Kier alpha value is -1.63. The monoisotopic (exact) mass is 256 g/mol. The summed E-state index contributed by atoms with van der Waals surface area (Å²) >= 11 is 0. The standard InChI is InChI=1S/C11H20N4O3/c1-3-4-9(5-6-16)7-12-11-10(15(17)18)8-14(2)13-11/h8-9,16H,3-7H2,1-2H3,(H,12,13). The molecular weight excluding hydrogens is 236 g/mol. The third kappa shape index (κ3) is 3.99. The number of nitrogens with one attached hydrogen (secondary N) is 1. The third-order valence-electron chi connectivity index (χ3n) is 2.80. The molecule has 0 saturated heterocycles. The van der Waals surface area contributed by atoms with Crippen LogP contribution >= 0.6 is 0 Å². The first kappa shape index (κ1) is 14.4. The molecule has 1 atom stereocenters. The molecule has 0 fully saturated rings. The van der Waals surface area contributed by atoms with E-state index in [-0.39, 0.29) is 12.3 Å². The van der Waals surface area contributed by atoms with Crippen molar-refractivity contribution in [2.24, 2.45) is 13.0 Å². The summed E-state index contributed by atoms with van der Waals surface area (Å²) in [6, 6.07) is 0.